The van der Waals surface area contributed by atoms with Gasteiger partial charge in [-0.15, -0.1) is 0 Å². The maximum Gasteiger partial charge on any atom is 0.223 e. The van der Waals surface area contributed by atoms with Crippen LogP contribution in [0.3, 0.4) is 0 Å². The van der Waals surface area contributed by atoms with E-state index in [1.165, 1.54) is 0 Å². The van der Waals surface area contributed by atoms with Crippen molar-refractivity contribution in [1.82, 2.24) is 5.32 Å². The number of carbonyl (C=O) groups is 1. The fourth-order valence-electron chi connectivity index (χ4n) is 2.30. The molecule has 1 fully saturated rings. The van der Waals surface area contributed by atoms with Gasteiger partial charge in [0.1, 0.15) is 5.76 Å². The summed E-state index contributed by atoms with van der Waals surface area (Å²) in [6.45, 7) is 1.74. The van der Waals surface area contributed by atoms with E-state index in [1.54, 1.807) is 6.26 Å². The third-order valence-corrected chi connectivity index (χ3v) is 3.45. The number of carbonyl (C=O) groups excluding carboxylic acids is 1. The minimum absolute atomic E-state index is 0.0586. The van der Waals surface area contributed by atoms with E-state index < -0.39 is 0 Å². The van der Waals surface area contributed by atoms with Crippen molar-refractivity contribution in [2.24, 2.45) is 5.92 Å². The number of ether oxygens (including phenoxy) is 1. The molecule has 0 bridgehead atoms. The summed E-state index contributed by atoms with van der Waals surface area (Å²) < 4.78 is 16.1. The minimum atomic E-state index is 0.0586. The molecule has 0 spiro atoms. The molecule has 0 atom stereocenters. The first-order valence-electron chi connectivity index (χ1n) is 6.81. The first-order valence-corrected chi connectivity index (χ1v) is 6.81. The first-order chi connectivity index (χ1) is 9.83. The Morgan fingerprint density at radius 2 is 2.05 bits per heavy atom. The molecule has 106 valence electrons. The van der Waals surface area contributed by atoms with Crippen LogP contribution in [0.15, 0.2) is 39.4 Å². The molecule has 5 nitrogen and oxygen atoms in total. The van der Waals surface area contributed by atoms with Crippen LogP contribution in [0.1, 0.15) is 18.6 Å². The summed E-state index contributed by atoms with van der Waals surface area (Å²) >= 11 is 0. The van der Waals surface area contributed by atoms with Crippen molar-refractivity contribution in [3.05, 3.63) is 36.3 Å². The average molecular weight is 275 g/mol. The molecule has 0 aromatic carbocycles. The summed E-state index contributed by atoms with van der Waals surface area (Å²) in [5.41, 5.74) is 0. The van der Waals surface area contributed by atoms with Crippen molar-refractivity contribution >= 4 is 5.91 Å². The minimum Gasteiger partial charge on any atom is -0.461 e. The quantitative estimate of drug-likeness (QED) is 0.931. The second-order valence-corrected chi connectivity index (χ2v) is 4.85. The van der Waals surface area contributed by atoms with Crippen molar-refractivity contribution in [3.8, 4) is 11.5 Å². The Balaban J connectivity index is 1.54. The highest BCUT2D eigenvalue weighted by Gasteiger charge is 2.21. The number of furan rings is 2. The van der Waals surface area contributed by atoms with Gasteiger partial charge in [-0.05, 0) is 37.1 Å². The molecule has 0 radical (unpaired) electrons. The summed E-state index contributed by atoms with van der Waals surface area (Å²) in [6, 6.07) is 7.34. The topological polar surface area (TPSA) is 64.6 Å². The highest BCUT2D eigenvalue weighted by molar-refractivity contribution is 5.78. The molecule has 1 aliphatic rings. The smallest absolute Gasteiger partial charge is 0.223 e. The monoisotopic (exact) mass is 275 g/mol. The first kappa shape index (κ1) is 13.0. The van der Waals surface area contributed by atoms with Gasteiger partial charge in [-0.1, -0.05) is 0 Å². The van der Waals surface area contributed by atoms with Gasteiger partial charge < -0.3 is 18.9 Å². The number of rotatable bonds is 4. The average Bonchev–Trinajstić information content (AvgIpc) is 3.16. The molecule has 0 aliphatic carbocycles. The summed E-state index contributed by atoms with van der Waals surface area (Å²) in [5, 5.41) is 2.91. The number of amides is 1. The standard InChI is InChI=1S/C15H17NO4/c17-15(11-5-8-18-9-6-11)16-10-12-3-4-14(20-12)13-2-1-7-19-13/h1-4,7,11H,5-6,8-10H2,(H,16,17). The van der Waals surface area contributed by atoms with Gasteiger partial charge >= 0.3 is 0 Å². The van der Waals surface area contributed by atoms with Crippen molar-refractivity contribution < 1.29 is 18.4 Å². The van der Waals surface area contributed by atoms with Crippen LogP contribution < -0.4 is 5.32 Å². The van der Waals surface area contributed by atoms with Crippen LogP contribution in [0.2, 0.25) is 0 Å². The molecule has 1 amide bonds. The van der Waals surface area contributed by atoms with E-state index in [0.717, 1.165) is 18.6 Å². The lowest BCUT2D eigenvalue weighted by Crippen LogP contribution is -2.33. The van der Waals surface area contributed by atoms with Crippen LogP contribution in [0.25, 0.3) is 11.5 Å². The van der Waals surface area contributed by atoms with Crippen molar-refractivity contribution in [1.29, 1.82) is 0 Å². The highest BCUT2D eigenvalue weighted by atomic mass is 16.5. The number of hydrogen-bond donors (Lipinski definition) is 1. The van der Waals surface area contributed by atoms with Gasteiger partial charge in [-0.3, -0.25) is 4.79 Å². The third kappa shape index (κ3) is 2.93. The Labute approximate surface area is 116 Å². The lowest BCUT2D eigenvalue weighted by molar-refractivity contribution is -0.128. The van der Waals surface area contributed by atoms with E-state index in [-0.39, 0.29) is 11.8 Å². The van der Waals surface area contributed by atoms with Crippen LogP contribution in [0, 0.1) is 5.92 Å². The van der Waals surface area contributed by atoms with E-state index in [2.05, 4.69) is 5.32 Å². The van der Waals surface area contributed by atoms with Crippen LogP contribution in [-0.4, -0.2) is 19.1 Å². The summed E-state index contributed by atoms with van der Waals surface area (Å²) in [5.74, 6) is 2.21. The van der Waals surface area contributed by atoms with E-state index >= 15 is 0 Å². The molecule has 0 unspecified atom stereocenters. The van der Waals surface area contributed by atoms with Crippen molar-refractivity contribution in [2.45, 2.75) is 19.4 Å². The van der Waals surface area contributed by atoms with E-state index in [1.807, 2.05) is 24.3 Å². The second-order valence-electron chi connectivity index (χ2n) is 4.85. The lowest BCUT2D eigenvalue weighted by atomic mass is 9.99. The molecular formula is C15H17NO4. The normalized spacial score (nSPS) is 16.2. The number of nitrogens with one attached hydrogen (secondary N) is 1. The maximum absolute atomic E-state index is 12.0. The molecule has 0 saturated carbocycles. The molecule has 1 aliphatic heterocycles. The van der Waals surface area contributed by atoms with Crippen molar-refractivity contribution in [3.63, 3.8) is 0 Å². The van der Waals surface area contributed by atoms with Crippen molar-refractivity contribution in [2.75, 3.05) is 13.2 Å². The molecule has 3 rings (SSSR count). The van der Waals surface area contributed by atoms with Crippen LogP contribution in [-0.2, 0) is 16.1 Å². The van der Waals surface area contributed by atoms with Gasteiger partial charge in [-0.2, -0.15) is 0 Å². The van der Waals surface area contributed by atoms with Gasteiger partial charge in [0.25, 0.3) is 0 Å². The van der Waals surface area contributed by atoms with Gasteiger partial charge in [0.05, 0.1) is 12.8 Å². The van der Waals surface area contributed by atoms with Crippen LogP contribution in [0.4, 0.5) is 0 Å². The van der Waals surface area contributed by atoms with Gasteiger partial charge in [-0.25, -0.2) is 0 Å². The summed E-state index contributed by atoms with van der Waals surface area (Å²) in [4.78, 5) is 12.0. The zero-order valence-corrected chi connectivity index (χ0v) is 11.1. The Kier molecular flexibility index (Phi) is 3.87. The Morgan fingerprint density at radius 3 is 2.80 bits per heavy atom. The Morgan fingerprint density at radius 1 is 1.20 bits per heavy atom. The molecule has 1 saturated heterocycles. The molecule has 2 aromatic rings. The largest absolute Gasteiger partial charge is 0.461 e. The Bertz CT molecular complexity index is 552. The zero-order chi connectivity index (χ0) is 13.8. The second kappa shape index (κ2) is 5.96. The molecule has 5 heteroatoms. The zero-order valence-electron chi connectivity index (χ0n) is 11.1. The number of hydrogen-bond acceptors (Lipinski definition) is 4. The van der Waals surface area contributed by atoms with Gasteiger partial charge in [0.15, 0.2) is 11.5 Å². The van der Waals surface area contributed by atoms with Crippen LogP contribution in [0.5, 0.6) is 0 Å². The van der Waals surface area contributed by atoms with Gasteiger partial charge in [0.2, 0.25) is 5.91 Å². The molecular weight excluding hydrogens is 258 g/mol. The third-order valence-electron chi connectivity index (χ3n) is 3.45. The van der Waals surface area contributed by atoms with E-state index in [0.29, 0.717) is 31.3 Å². The summed E-state index contributed by atoms with van der Waals surface area (Å²) in [7, 11) is 0. The lowest BCUT2D eigenvalue weighted by Gasteiger charge is -2.20. The van der Waals surface area contributed by atoms with Gasteiger partial charge in [0, 0.05) is 19.1 Å². The predicted molar refractivity (Wildman–Crippen MR) is 71.8 cm³/mol. The molecule has 1 N–H and O–H groups in total. The predicted octanol–water partition coefficient (Wildman–Crippen LogP) is 2.58. The van der Waals surface area contributed by atoms with Crippen LogP contribution >= 0.6 is 0 Å². The van der Waals surface area contributed by atoms with E-state index in [4.69, 9.17) is 13.6 Å². The highest BCUT2D eigenvalue weighted by Crippen LogP contribution is 2.22. The Hall–Kier alpha value is -2.01. The molecule has 2 aromatic heterocycles. The SMILES string of the molecule is O=C(NCc1ccc(-c2ccco2)o1)C1CCOCC1. The maximum atomic E-state index is 12.0. The molecule has 3 heterocycles. The fourth-order valence-corrected chi connectivity index (χ4v) is 2.30. The molecule has 20 heavy (non-hydrogen) atoms. The van der Waals surface area contributed by atoms with E-state index in [9.17, 15) is 4.79 Å². The fraction of sp³-hybridized carbons (Fsp3) is 0.400. The summed E-state index contributed by atoms with van der Waals surface area (Å²) in [6.07, 6.45) is 3.19.